The van der Waals surface area contributed by atoms with Crippen LogP contribution in [0.4, 0.5) is 0 Å². The van der Waals surface area contributed by atoms with Gasteiger partial charge in [0.2, 0.25) is 5.82 Å². The Balaban J connectivity index is 1.57. The van der Waals surface area contributed by atoms with Gasteiger partial charge in [-0.3, -0.25) is 4.79 Å². The van der Waals surface area contributed by atoms with E-state index in [4.69, 9.17) is 0 Å². The van der Waals surface area contributed by atoms with Crippen LogP contribution >= 0.6 is 0 Å². The van der Waals surface area contributed by atoms with Gasteiger partial charge in [0.15, 0.2) is 0 Å². The highest BCUT2D eigenvalue weighted by Gasteiger charge is 2.07. The molecule has 0 aliphatic carbocycles. The predicted octanol–water partition coefficient (Wildman–Crippen LogP) is 0.802. The number of H-pyrrole nitrogens is 1. The van der Waals surface area contributed by atoms with Crippen LogP contribution in [0.3, 0.4) is 0 Å². The van der Waals surface area contributed by atoms with E-state index in [9.17, 15) is 4.79 Å². The molecule has 2 aromatic heterocycles. The second kappa shape index (κ2) is 6.17. The maximum atomic E-state index is 12.1. The molecule has 0 unspecified atom stereocenters. The topological polar surface area (TPSA) is 101 Å². The van der Waals surface area contributed by atoms with Gasteiger partial charge in [-0.05, 0) is 24.3 Å². The lowest BCUT2D eigenvalue weighted by molar-refractivity contribution is 0.0952. The molecule has 0 atom stereocenters. The first kappa shape index (κ1) is 13.9. The summed E-state index contributed by atoms with van der Waals surface area (Å²) in [5.41, 5.74) is 1.40. The van der Waals surface area contributed by atoms with Crippen LogP contribution in [0.5, 0.6) is 0 Å². The maximum absolute atomic E-state index is 12.1. The summed E-state index contributed by atoms with van der Waals surface area (Å²) in [6, 6.07) is 7.06. The molecule has 112 valence electrons. The van der Waals surface area contributed by atoms with Crippen molar-refractivity contribution in [3.63, 3.8) is 0 Å². The zero-order valence-corrected chi connectivity index (χ0v) is 12.0. The molecule has 3 rings (SSSR count). The number of nitrogens with zero attached hydrogens (tertiary/aromatic N) is 5. The zero-order chi connectivity index (χ0) is 15.4. The molecule has 0 saturated carbocycles. The number of carbonyl (C=O) groups is 1. The number of aromatic nitrogens is 6. The van der Waals surface area contributed by atoms with Gasteiger partial charge in [-0.2, -0.15) is 5.21 Å². The summed E-state index contributed by atoms with van der Waals surface area (Å²) in [7, 11) is 0. The van der Waals surface area contributed by atoms with E-state index in [0.29, 0.717) is 24.5 Å². The minimum absolute atomic E-state index is 0.113. The second-order valence-electron chi connectivity index (χ2n) is 4.74. The molecule has 2 heterocycles. The Morgan fingerprint density at radius 2 is 2.14 bits per heavy atom. The standard InChI is InChI=1S/C14H15N7O/c1-10-15-6-8-21(10)9-7-16-14(22)12-4-2-11(3-5-12)13-17-19-20-18-13/h2-6,8H,7,9H2,1H3,(H,16,22)(H,17,18,19,20). The Kier molecular flexibility index (Phi) is 3.90. The van der Waals surface area contributed by atoms with Crippen LogP contribution in [0, 0.1) is 6.92 Å². The fraction of sp³-hybridized carbons (Fsp3) is 0.214. The van der Waals surface area contributed by atoms with Crippen molar-refractivity contribution in [1.29, 1.82) is 0 Å². The van der Waals surface area contributed by atoms with E-state index < -0.39 is 0 Å². The summed E-state index contributed by atoms with van der Waals surface area (Å²) in [6.07, 6.45) is 3.63. The van der Waals surface area contributed by atoms with Crippen molar-refractivity contribution in [3.8, 4) is 11.4 Å². The molecule has 1 aromatic carbocycles. The number of nitrogens with one attached hydrogen (secondary N) is 2. The van der Waals surface area contributed by atoms with Crippen LogP contribution in [0.25, 0.3) is 11.4 Å². The summed E-state index contributed by atoms with van der Waals surface area (Å²) >= 11 is 0. The molecule has 1 amide bonds. The summed E-state index contributed by atoms with van der Waals surface area (Å²) in [5, 5.41) is 16.6. The summed E-state index contributed by atoms with van der Waals surface area (Å²) in [4.78, 5) is 16.2. The van der Waals surface area contributed by atoms with Gasteiger partial charge in [-0.15, -0.1) is 10.2 Å². The van der Waals surface area contributed by atoms with Gasteiger partial charge >= 0.3 is 0 Å². The molecule has 2 N–H and O–H groups in total. The summed E-state index contributed by atoms with van der Waals surface area (Å²) in [5.74, 6) is 1.32. The Bertz CT molecular complexity index is 746. The summed E-state index contributed by atoms with van der Waals surface area (Å²) in [6.45, 7) is 3.17. The van der Waals surface area contributed by atoms with Crippen molar-refractivity contribution in [2.24, 2.45) is 0 Å². The van der Waals surface area contributed by atoms with Crippen molar-refractivity contribution in [1.82, 2.24) is 35.5 Å². The van der Waals surface area contributed by atoms with E-state index in [1.807, 2.05) is 17.7 Å². The van der Waals surface area contributed by atoms with Gasteiger partial charge in [-0.25, -0.2) is 4.98 Å². The smallest absolute Gasteiger partial charge is 0.251 e. The second-order valence-corrected chi connectivity index (χ2v) is 4.74. The monoisotopic (exact) mass is 297 g/mol. The third-order valence-electron chi connectivity index (χ3n) is 3.31. The maximum Gasteiger partial charge on any atom is 0.251 e. The highest BCUT2D eigenvalue weighted by molar-refractivity contribution is 5.94. The molecule has 0 spiro atoms. The van der Waals surface area contributed by atoms with Crippen molar-refractivity contribution >= 4 is 5.91 Å². The molecule has 0 fully saturated rings. The van der Waals surface area contributed by atoms with Gasteiger partial charge < -0.3 is 9.88 Å². The van der Waals surface area contributed by atoms with Gasteiger partial charge in [0.25, 0.3) is 5.91 Å². The molecule has 0 radical (unpaired) electrons. The first-order valence-corrected chi connectivity index (χ1v) is 6.84. The number of imidazole rings is 1. The number of aryl methyl sites for hydroxylation is 1. The van der Waals surface area contributed by atoms with Crippen LogP contribution in [0.1, 0.15) is 16.2 Å². The lowest BCUT2D eigenvalue weighted by atomic mass is 10.1. The Hall–Kier alpha value is -3.03. The SMILES string of the molecule is Cc1nccn1CCNC(=O)c1ccc(-c2nn[nH]n2)cc1. The zero-order valence-electron chi connectivity index (χ0n) is 12.0. The van der Waals surface area contributed by atoms with Gasteiger partial charge in [-0.1, -0.05) is 12.1 Å². The molecule has 0 aliphatic rings. The number of aromatic amines is 1. The fourth-order valence-corrected chi connectivity index (χ4v) is 2.09. The highest BCUT2D eigenvalue weighted by Crippen LogP contribution is 2.13. The molecular weight excluding hydrogens is 282 g/mol. The van der Waals surface area contributed by atoms with Crippen LogP contribution in [-0.4, -0.2) is 42.6 Å². The molecule has 0 aliphatic heterocycles. The lowest BCUT2D eigenvalue weighted by Crippen LogP contribution is -2.27. The first-order chi connectivity index (χ1) is 10.7. The molecule has 0 bridgehead atoms. The van der Waals surface area contributed by atoms with Crippen molar-refractivity contribution < 1.29 is 4.79 Å². The minimum Gasteiger partial charge on any atom is -0.350 e. The predicted molar refractivity (Wildman–Crippen MR) is 78.9 cm³/mol. The number of carbonyl (C=O) groups excluding carboxylic acids is 1. The van der Waals surface area contributed by atoms with E-state index in [2.05, 4.69) is 30.9 Å². The number of rotatable bonds is 5. The Morgan fingerprint density at radius 1 is 1.32 bits per heavy atom. The fourth-order valence-electron chi connectivity index (χ4n) is 2.09. The van der Waals surface area contributed by atoms with E-state index >= 15 is 0 Å². The molecule has 8 heteroatoms. The minimum atomic E-state index is -0.113. The Morgan fingerprint density at radius 3 is 2.77 bits per heavy atom. The molecular formula is C14H15N7O. The normalized spacial score (nSPS) is 10.6. The number of hydrogen-bond acceptors (Lipinski definition) is 5. The third kappa shape index (κ3) is 3.00. The quantitative estimate of drug-likeness (QED) is 0.725. The molecule has 8 nitrogen and oxygen atoms in total. The van der Waals surface area contributed by atoms with E-state index in [0.717, 1.165) is 11.4 Å². The van der Waals surface area contributed by atoms with E-state index in [1.54, 1.807) is 30.5 Å². The molecule has 22 heavy (non-hydrogen) atoms. The van der Waals surface area contributed by atoms with Crippen molar-refractivity contribution in [2.75, 3.05) is 6.54 Å². The van der Waals surface area contributed by atoms with Gasteiger partial charge in [0, 0.05) is 36.6 Å². The molecule has 0 saturated heterocycles. The average Bonchev–Trinajstić information content (AvgIpc) is 3.20. The first-order valence-electron chi connectivity index (χ1n) is 6.84. The van der Waals surface area contributed by atoms with Crippen molar-refractivity contribution in [3.05, 3.63) is 48.0 Å². The third-order valence-corrected chi connectivity index (χ3v) is 3.31. The van der Waals surface area contributed by atoms with Crippen LogP contribution in [-0.2, 0) is 6.54 Å². The number of amides is 1. The largest absolute Gasteiger partial charge is 0.350 e. The Labute approximate surface area is 126 Å². The van der Waals surface area contributed by atoms with E-state index in [1.165, 1.54) is 0 Å². The number of tetrazole rings is 1. The summed E-state index contributed by atoms with van der Waals surface area (Å²) < 4.78 is 1.99. The highest BCUT2D eigenvalue weighted by atomic mass is 16.1. The average molecular weight is 297 g/mol. The number of benzene rings is 1. The van der Waals surface area contributed by atoms with Crippen LogP contribution < -0.4 is 5.32 Å². The lowest BCUT2D eigenvalue weighted by Gasteiger charge is -2.07. The van der Waals surface area contributed by atoms with Crippen LogP contribution in [0.2, 0.25) is 0 Å². The molecule has 3 aromatic rings. The van der Waals surface area contributed by atoms with Crippen LogP contribution in [0.15, 0.2) is 36.7 Å². The van der Waals surface area contributed by atoms with Gasteiger partial charge in [0.05, 0.1) is 0 Å². The van der Waals surface area contributed by atoms with Crippen molar-refractivity contribution in [2.45, 2.75) is 13.5 Å². The van der Waals surface area contributed by atoms with Gasteiger partial charge in [0.1, 0.15) is 5.82 Å². The van der Waals surface area contributed by atoms with E-state index in [-0.39, 0.29) is 5.91 Å². The number of hydrogen-bond donors (Lipinski definition) is 2.